The molecule has 1 aliphatic heterocycles. The number of benzene rings is 2. The maximum absolute atomic E-state index is 12.3. The molecular formula is C19H17F2NO3S. The maximum atomic E-state index is 12.3. The standard InChI is InChI=1S/C19H17F2NO3S/c20-19(21)26-16-7-5-14(6-8-16)18(24)25-12-17(23)22-10-9-13-3-1-2-4-15(13)11-22/h1-8,19H,9-12H2. The summed E-state index contributed by atoms with van der Waals surface area (Å²) in [5.41, 5.74) is 2.56. The summed E-state index contributed by atoms with van der Waals surface area (Å²) in [6.07, 6.45) is 0.777. The normalized spacial score (nSPS) is 13.4. The summed E-state index contributed by atoms with van der Waals surface area (Å²) in [4.78, 5) is 26.3. The highest BCUT2D eigenvalue weighted by Gasteiger charge is 2.21. The smallest absolute Gasteiger partial charge is 0.338 e. The summed E-state index contributed by atoms with van der Waals surface area (Å²) in [7, 11) is 0. The maximum Gasteiger partial charge on any atom is 0.338 e. The van der Waals surface area contributed by atoms with Crippen molar-refractivity contribution in [2.24, 2.45) is 0 Å². The molecule has 0 unspecified atom stereocenters. The van der Waals surface area contributed by atoms with Gasteiger partial charge in [0.05, 0.1) is 5.56 Å². The van der Waals surface area contributed by atoms with Crippen molar-refractivity contribution in [3.05, 3.63) is 65.2 Å². The summed E-state index contributed by atoms with van der Waals surface area (Å²) in [6, 6.07) is 13.6. The lowest BCUT2D eigenvalue weighted by Gasteiger charge is -2.28. The molecule has 0 atom stereocenters. The van der Waals surface area contributed by atoms with Crippen molar-refractivity contribution >= 4 is 23.6 Å². The van der Waals surface area contributed by atoms with Crippen LogP contribution in [-0.2, 0) is 22.5 Å². The third-order valence-electron chi connectivity index (χ3n) is 4.13. The Balaban J connectivity index is 1.52. The van der Waals surface area contributed by atoms with E-state index in [2.05, 4.69) is 0 Å². The first kappa shape index (κ1) is 18.4. The van der Waals surface area contributed by atoms with Gasteiger partial charge in [-0.3, -0.25) is 4.79 Å². The molecule has 0 aromatic heterocycles. The van der Waals surface area contributed by atoms with Crippen LogP contribution in [0.25, 0.3) is 0 Å². The highest BCUT2D eigenvalue weighted by Crippen LogP contribution is 2.25. The number of alkyl halides is 2. The van der Waals surface area contributed by atoms with E-state index in [1.807, 2.05) is 24.3 Å². The van der Waals surface area contributed by atoms with Gasteiger partial charge < -0.3 is 9.64 Å². The Kier molecular flexibility index (Phi) is 5.88. The second-order valence-electron chi connectivity index (χ2n) is 5.81. The summed E-state index contributed by atoms with van der Waals surface area (Å²) in [6.45, 7) is 0.758. The van der Waals surface area contributed by atoms with Crippen LogP contribution in [-0.4, -0.2) is 35.7 Å². The van der Waals surface area contributed by atoms with Gasteiger partial charge in [0, 0.05) is 18.0 Å². The number of halogens is 2. The number of fused-ring (bicyclic) bond motifs is 1. The highest BCUT2D eigenvalue weighted by atomic mass is 32.2. The summed E-state index contributed by atoms with van der Waals surface area (Å²) in [5, 5.41) is 0. The topological polar surface area (TPSA) is 46.6 Å². The number of ether oxygens (including phenoxy) is 1. The summed E-state index contributed by atoms with van der Waals surface area (Å²) in [5.74, 6) is -3.41. The molecule has 26 heavy (non-hydrogen) atoms. The van der Waals surface area contributed by atoms with Crippen LogP contribution in [0.4, 0.5) is 8.78 Å². The van der Waals surface area contributed by atoms with E-state index in [-0.39, 0.29) is 18.1 Å². The largest absolute Gasteiger partial charge is 0.452 e. The van der Waals surface area contributed by atoms with Crippen molar-refractivity contribution in [1.29, 1.82) is 0 Å². The van der Waals surface area contributed by atoms with Gasteiger partial charge >= 0.3 is 5.97 Å². The molecule has 7 heteroatoms. The van der Waals surface area contributed by atoms with Crippen LogP contribution in [0.2, 0.25) is 0 Å². The van der Waals surface area contributed by atoms with E-state index in [1.165, 1.54) is 29.8 Å². The van der Waals surface area contributed by atoms with E-state index in [4.69, 9.17) is 4.74 Å². The summed E-state index contributed by atoms with van der Waals surface area (Å²) >= 11 is 0.404. The van der Waals surface area contributed by atoms with Gasteiger partial charge in [0.25, 0.3) is 11.7 Å². The van der Waals surface area contributed by atoms with Crippen LogP contribution in [0.15, 0.2) is 53.4 Å². The van der Waals surface area contributed by atoms with Crippen LogP contribution in [0.5, 0.6) is 0 Å². The Labute approximate surface area is 154 Å². The molecular weight excluding hydrogens is 360 g/mol. The quantitative estimate of drug-likeness (QED) is 0.588. The second kappa shape index (κ2) is 8.31. The molecule has 2 aromatic rings. The van der Waals surface area contributed by atoms with Gasteiger partial charge in [0.2, 0.25) is 0 Å². The Morgan fingerprint density at radius 2 is 1.77 bits per heavy atom. The Bertz CT molecular complexity index is 796. The SMILES string of the molecule is O=C(OCC(=O)N1CCc2ccccc2C1)c1ccc(SC(F)F)cc1. The number of rotatable bonds is 5. The van der Waals surface area contributed by atoms with Gasteiger partial charge in [-0.2, -0.15) is 8.78 Å². The lowest BCUT2D eigenvalue weighted by atomic mass is 10.00. The van der Waals surface area contributed by atoms with Crippen LogP contribution < -0.4 is 0 Å². The van der Waals surface area contributed by atoms with Crippen LogP contribution in [0.3, 0.4) is 0 Å². The van der Waals surface area contributed by atoms with Crippen LogP contribution in [0, 0.1) is 0 Å². The number of esters is 1. The Morgan fingerprint density at radius 3 is 2.46 bits per heavy atom. The van der Waals surface area contributed by atoms with E-state index in [0.29, 0.717) is 29.7 Å². The lowest BCUT2D eigenvalue weighted by molar-refractivity contribution is -0.135. The molecule has 1 heterocycles. The van der Waals surface area contributed by atoms with E-state index >= 15 is 0 Å². The minimum Gasteiger partial charge on any atom is -0.452 e. The van der Waals surface area contributed by atoms with E-state index in [9.17, 15) is 18.4 Å². The van der Waals surface area contributed by atoms with Gasteiger partial charge in [-0.25, -0.2) is 4.79 Å². The molecule has 0 saturated carbocycles. The van der Waals surface area contributed by atoms with Gasteiger partial charge in [-0.15, -0.1) is 0 Å². The molecule has 0 fully saturated rings. The van der Waals surface area contributed by atoms with Gasteiger partial charge in [-0.1, -0.05) is 36.0 Å². The monoisotopic (exact) mass is 377 g/mol. The molecule has 0 aliphatic carbocycles. The molecule has 0 bridgehead atoms. The number of nitrogens with zero attached hydrogens (tertiary/aromatic N) is 1. The fourth-order valence-electron chi connectivity index (χ4n) is 2.78. The fraction of sp³-hybridized carbons (Fsp3) is 0.263. The van der Waals surface area contributed by atoms with Gasteiger partial charge in [0.1, 0.15) is 0 Å². The molecule has 2 aromatic carbocycles. The Hall–Kier alpha value is -2.41. The molecule has 3 rings (SSSR count). The minimum absolute atomic E-state index is 0.223. The first-order valence-corrected chi connectivity index (χ1v) is 8.97. The number of hydrogen-bond acceptors (Lipinski definition) is 4. The molecule has 4 nitrogen and oxygen atoms in total. The van der Waals surface area contributed by atoms with Crippen molar-refractivity contribution in [1.82, 2.24) is 4.90 Å². The predicted molar refractivity (Wildman–Crippen MR) is 94.1 cm³/mol. The number of thioether (sulfide) groups is 1. The van der Waals surface area contributed by atoms with Crippen molar-refractivity contribution in [3.63, 3.8) is 0 Å². The van der Waals surface area contributed by atoms with Crippen molar-refractivity contribution < 1.29 is 23.1 Å². The van der Waals surface area contributed by atoms with Crippen molar-refractivity contribution in [2.75, 3.05) is 13.2 Å². The number of carbonyl (C=O) groups excluding carboxylic acids is 2. The zero-order valence-corrected chi connectivity index (χ0v) is 14.7. The van der Waals surface area contributed by atoms with E-state index < -0.39 is 11.7 Å². The second-order valence-corrected chi connectivity index (χ2v) is 6.88. The zero-order chi connectivity index (χ0) is 18.5. The van der Waals surface area contributed by atoms with Crippen molar-refractivity contribution in [2.45, 2.75) is 23.6 Å². The molecule has 136 valence electrons. The lowest BCUT2D eigenvalue weighted by Crippen LogP contribution is -2.38. The van der Waals surface area contributed by atoms with Gasteiger partial charge in [-0.05, 0) is 41.8 Å². The van der Waals surface area contributed by atoms with E-state index in [0.717, 1.165) is 12.0 Å². The first-order chi connectivity index (χ1) is 12.5. The van der Waals surface area contributed by atoms with Gasteiger partial charge in [0.15, 0.2) is 6.61 Å². The zero-order valence-electron chi connectivity index (χ0n) is 13.9. The average molecular weight is 377 g/mol. The summed E-state index contributed by atoms with van der Waals surface area (Å²) < 4.78 is 29.6. The molecule has 1 amide bonds. The third-order valence-corrected chi connectivity index (χ3v) is 4.85. The number of amides is 1. The molecule has 0 radical (unpaired) electrons. The van der Waals surface area contributed by atoms with Crippen LogP contribution >= 0.6 is 11.8 Å². The number of hydrogen-bond donors (Lipinski definition) is 0. The molecule has 0 spiro atoms. The minimum atomic E-state index is -2.51. The molecule has 1 aliphatic rings. The third kappa shape index (κ3) is 4.60. The molecule has 0 saturated heterocycles. The van der Waals surface area contributed by atoms with E-state index in [1.54, 1.807) is 4.90 Å². The van der Waals surface area contributed by atoms with Crippen molar-refractivity contribution in [3.8, 4) is 0 Å². The fourth-order valence-corrected chi connectivity index (χ4v) is 3.28. The highest BCUT2D eigenvalue weighted by molar-refractivity contribution is 7.99. The number of carbonyl (C=O) groups is 2. The average Bonchev–Trinajstić information content (AvgIpc) is 2.65. The first-order valence-electron chi connectivity index (χ1n) is 8.09. The Morgan fingerprint density at radius 1 is 1.08 bits per heavy atom. The molecule has 0 N–H and O–H groups in total. The predicted octanol–water partition coefficient (Wildman–Crippen LogP) is 3.74. The van der Waals surface area contributed by atoms with Crippen LogP contribution in [0.1, 0.15) is 21.5 Å².